The number of aliphatic hydroxyl groups is 1. The van der Waals surface area contributed by atoms with Gasteiger partial charge in [-0.2, -0.15) is 0 Å². The van der Waals surface area contributed by atoms with Crippen molar-refractivity contribution >= 4 is 5.78 Å². The molecule has 0 heterocycles. The first-order valence-electron chi connectivity index (χ1n) is 7.36. The van der Waals surface area contributed by atoms with Gasteiger partial charge in [0.25, 0.3) is 5.54 Å². The molecule has 0 aromatic rings. The minimum Gasteiger partial charge on any atom is -0.392 e. The van der Waals surface area contributed by atoms with E-state index in [9.17, 15) is 20.0 Å². The van der Waals surface area contributed by atoms with Crippen molar-refractivity contribution in [2.24, 2.45) is 11.8 Å². The largest absolute Gasteiger partial charge is 0.392 e. The molecule has 2 fully saturated rings. The van der Waals surface area contributed by atoms with Crippen LogP contribution in [0.5, 0.6) is 0 Å². The van der Waals surface area contributed by atoms with E-state index in [2.05, 4.69) is 0 Å². The van der Waals surface area contributed by atoms with Crippen molar-refractivity contribution in [3.8, 4) is 0 Å². The third-order valence-electron chi connectivity index (χ3n) is 4.91. The van der Waals surface area contributed by atoms with Crippen LogP contribution in [-0.2, 0) is 4.79 Å². The van der Waals surface area contributed by atoms with Crippen LogP contribution < -0.4 is 0 Å². The summed E-state index contributed by atoms with van der Waals surface area (Å²) in [6, 6.07) is 0. The zero-order chi connectivity index (χ0) is 14.0. The fourth-order valence-corrected chi connectivity index (χ4v) is 3.75. The van der Waals surface area contributed by atoms with Crippen molar-refractivity contribution in [2.45, 2.75) is 69.9 Å². The third-order valence-corrected chi connectivity index (χ3v) is 4.91. The quantitative estimate of drug-likeness (QED) is 0.585. The monoisotopic (exact) mass is 269 g/mol. The molecule has 0 aromatic carbocycles. The van der Waals surface area contributed by atoms with Crippen LogP contribution in [0.4, 0.5) is 0 Å². The maximum absolute atomic E-state index is 12.6. The molecule has 2 rings (SSSR count). The van der Waals surface area contributed by atoms with Gasteiger partial charge in [-0.3, -0.25) is 14.9 Å². The lowest BCUT2D eigenvalue weighted by molar-refractivity contribution is -0.559. The molecule has 0 unspecified atom stereocenters. The van der Waals surface area contributed by atoms with Gasteiger partial charge in [-0.15, -0.1) is 0 Å². The highest BCUT2D eigenvalue weighted by Gasteiger charge is 2.59. The van der Waals surface area contributed by atoms with Crippen LogP contribution in [-0.4, -0.2) is 27.5 Å². The van der Waals surface area contributed by atoms with E-state index in [0.29, 0.717) is 12.8 Å². The van der Waals surface area contributed by atoms with Crippen molar-refractivity contribution in [1.82, 2.24) is 0 Å². The molecule has 0 saturated heterocycles. The zero-order valence-electron chi connectivity index (χ0n) is 11.5. The molecule has 0 aromatic heterocycles. The Morgan fingerprint density at radius 3 is 2.58 bits per heavy atom. The fourth-order valence-electron chi connectivity index (χ4n) is 3.75. The van der Waals surface area contributed by atoms with E-state index in [1.807, 2.05) is 6.92 Å². The maximum Gasteiger partial charge on any atom is 0.279 e. The molecule has 2 bridgehead atoms. The van der Waals surface area contributed by atoms with E-state index in [4.69, 9.17) is 0 Å². The first-order valence-corrected chi connectivity index (χ1v) is 7.36. The number of Topliss-reactive ketones (excluding diaryl/α,β-unsaturated/α-hetero) is 1. The SMILES string of the molecule is C[C@@H]1C[C@]2([N+](=O)[O-])CCCCCCC[C@H](C2=O)[C@H]1O. The highest BCUT2D eigenvalue weighted by atomic mass is 16.6. The summed E-state index contributed by atoms with van der Waals surface area (Å²) in [5, 5.41) is 21.7. The predicted octanol–water partition coefficient (Wildman–Crippen LogP) is 2.33. The molecule has 5 nitrogen and oxygen atoms in total. The number of carbonyl (C=O) groups excluding carboxylic acids is 1. The van der Waals surface area contributed by atoms with E-state index in [-0.39, 0.29) is 23.0 Å². The van der Waals surface area contributed by atoms with Gasteiger partial charge in [0.15, 0.2) is 0 Å². The minimum absolute atomic E-state index is 0.174. The molecular formula is C14H23NO4. The minimum atomic E-state index is -1.43. The molecule has 108 valence electrons. The Balaban J connectivity index is 2.34. The number of hydrogen-bond acceptors (Lipinski definition) is 4. The molecular weight excluding hydrogens is 246 g/mol. The van der Waals surface area contributed by atoms with Gasteiger partial charge in [-0.25, -0.2) is 0 Å². The molecule has 2 aliphatic rings. The number of rotatable bonds is 1. The molecule has 2 aliphatic carbocycles. The van der Waals surface area contributed by atoms with Crippen LogP contribution in [0.15, 0.2) is 0 Å². The summed E-state index contributed by atoms with van der Waals surface area (Å²) in [6.07, 6.45) is 5.13. The second-order valence-electron chi connectivity index (χ2n) is 6.24. The van der Waals surface area contributed by atoms with Crippen LogP contribution in [0.3, 0.4) is 0 Å². The molecule has 2 saturated carbocycles. The number of aliphatic hydroxyl groups excluding tert-OH is 1. The molecule has 0 aliphatic heterocycles. The van der Waals surface area contributed by atoms with Crippen LogP contribution in [0, 0.1) is 22.0 Å². The molecule has 5 heteroatoms. The summed E-state index contributed by atoms with van der Waals surface area (Å²) in [6.45, 7) is 1.83. The number of carbonyl (C=O) groups is 1. The van der Waals surface area contributed by atoms with Gasteiger partial charge < -0.3 is 5.11 Å². The number of hydrogen-bond donors (Lipinski definition) is 1. The molecule has 0 amide bonds. The first kappa shape index (κ1) is 14.4. The Labute approximate surface area is 113 Å². The second kappa shape index (κ2) is 5.57. The summed E-state index contributed by atoms with van der Waals surface area (Å²) in [4.78, 5) is 23.7. The van der Waals surface area contributed by atoms with Gasteiger partial charge in [0.2, 0.25) is 5.78 Å². The predicted molar refractivity (Wildman–Crippen MR) is 70.3 cm³/mol. The van der Waals surface area contributed by atoms with E-state index in [1.165, 1.54) is 0 Å². The Hall–Kier alpha value is -0.970. The van der Waals surface area contributed by atoms with Gasteiger partial charge in [0, 0.05) is 17.8 Å². The lowest BCUT2D eigenvalue weighted by Crippen LogP contribution is -2.58. The van der Waals surface area contributed by atoms with Crippen LogP contribution >= 0.6 is 0 Å². The fraction of sp³-hybridized carbons (Fsp3) is 0.929. The van der Waals surface area contributed by atoms with Crippen molar-refractivity contribution in [2.75, 3.05) is 0 Å². The Kier molecular flexibility index (Phi) is 4.23. The summed E-state index contributed by atoms with van der Waals surface area (Å²) >= 11 is 0. The average Bonchev–Trinajstić information content (AvgIpc) is 2.36. The Morgan fingerprint density at radius 2 is 1.89 bits per heavy atom. The lowest BCUT2D eigenvalue weighted by atomic mass is 9.65. The topological polar surface area (TPSA) is 80.4 Å². The van der Waals surface area contributed by atoms with E-state index < -0.39 is 17.6 Å². The highest BCUT2D eigenvalue weighted by molar-refractivity contribution is 5.90. The van der Waals surface area contributed by atoms with Gasteiger partial charge in [0.1, 0.15) is 0 Å². The average molecular weight is 269 g/mol. The number of fused-ring (bicyclic) bond motifs is 2. The maximum atomic E-state index is 12.6. The van der Waals surface area contributed by atoms with Gasteiger partial charge in [0.05, 0.1) is 12.0 Å². The van der Waals surface area contributed by atoms with Crippen molar-refractivity contribution in [3.63, 3.8) is 0 Å². The van der Waals surface area contributed by atoms with E-state index in [1.54, 1.807) is 0 Å². The molecule has 0 spiro atoms. The Bertz CT molecular complexity index is 370. The third kappa shape index (κ3) is 2.53. The zero-order valence-corrected chi connectivity index (χ0v) is 11.5. The molecule has 19 heavy (non-hydrogen) atoms. The number of nitrogens with zero attached hydrogens (tertiary/aromatic N) is 1. The summed E-state index contributed by atoms with van der Waals surface area (Å²) in [5.74, 6) is -1.02. The molecule has 4 atom stereocenters. The van der Waals surface area contributed by atoms with Crippen LogP contribution in [0.25, 0.3) is 0 Å². The van der Waals surface area contributed by atoms with Gasteiger partial charge >= 0.3 is 0 Å². The first-order chi connectivity index (χ1) is 8.99. The standard InChI is InChI=1S/C14H23NO4/c1-10-9-14(15(18)19)8-6-4-2-3-5-7-11(12(10)16)13(14)17/h10-12,16H,2-9H2,1H3/t10-,11+,12+,14-/m1/s1. The summed E-state index contributed by atoms with van der Waals surface area (Å²) < 4.78 is 0. The Morgan fingerprint density at radius 1 is 1.26 bits per heavy atom. The van der Waals surface area contributed by atoms with Crippen LogP contribution in [0.1, 0.15) is 58.3 Å². The van der Waals surface area contributed by atoms with Crippen molar-refractivity contribution in [3.05, 3.63) is 10.1 Å². The second-order valence-corrected chi connectivity index (χ2v) is 6.24. The summed E-state index contributed by atoms with van der Waals surface area (Å²) in [7, 11) is 0. The lowest BCUT2D eigenvalue weighted by Gasteiger charge is -2.40. The normalized spacial score (nSPS) is 40.7. The van der Waals surface area contributed by atoms with Gasteiger partial charge in [-0.05, 0) is 18.8 Å². The van der Waals surface area contributed by atoms with E-state index in [0.717, 1.165) is 32.1 Å². The van der Waals surface area contributed by atoms with Crippen LogP contribution in [0.2, 0.25) is 0 Å². The molecule has 1 N–H and O–H groups in total. The van der Waals surface area contributed by atoms with Crippen molar-refractivity contribution in [1.29, 1.82) is 0 Å². The number of ketones is 1. The van der Waals surface area contributed by atoms with Gasteiger partial charge in [-0.1, -0.05) is 32.6 Å². The smallest absolute Gasteiger partial charge is 0.279 e. The highest BCUT2D eigenvalue weighted by Crippen LogP contribution is 2.41. The molecule has 0 radical (unpaired) electrons. The summed E-state index contributed by atoms with van der Waals surface area (Å²) in [5.41, 5.74) is -1.43. The van der Waals surface area contributed by atoms with Crippen molar-refractivity contribution < 1.29 is 14.8 Å². The van der Waals surface area contributed by atoms with E-state index >= 15 is 0 Å². The number of nitro groups is 1.